The molecule has 1 saturated heterocycles. The van der Waals surface area contributed by atoms with E-state index in [1.807, 2.05) is 0 Å². The number of aromatic nitrogens is 1. The number of rotatable bonds is 4. The first-order chi connectivity index (χ1) is 13.2. The van der Waals surface area contributed by atoms with Gasteiger partial charge in [-0.2, -0.15) is 18.3 Å². The van der Waals surface area contributed by atoms with Crippen LogP contribution in [0.2, 0.25) is 0 Å². The highest BCUT2D eigenvalue weighted by atomic mass is 32.2. The van der Waals surface area contributed by atoms with E-state index in [1.165, 1.54) is 22.9 Å². The van der Waals surface area contributed by atoms with Crippen molar-refractivity contribution in [1.82, 2.24) is 10.3 Å². The first-order valence-electron chi connectivity index (χ1n) is 8.13. The highest BCUT2D eigenvalue weighted by Gasteiger charge is 2.32. The first kappa shape index (κ1) is 19.9. The van der Waals surface area contributed by atoms with Crippen molar-refractivity contribution in [3.05, 3.63) is 47.5 Å². The van der Waals surface area contributed by atoms with Gasteiger partial charge in [0.1, 0.15) is 5.82 Å². The maximum absolute atomic E-state index is 13.2. The molecular weight excluding hydrogens is 391 g/mol. The van der Waals surface area contributed by atoms with Crippen LogP contribution in [-0.2, 0) is 11.0 Å². The third-order valence-corrected chi connectivity index (χ3v) is 4.61. The fourth-order valence-corrected chi connectivity index (χ4v) is 2.95. The summed E-state index contributed by atoms with van der Waals surface area (Å²) in [5.74, 6) is 0.429. The Labute approximate surface area is 163 Å². The van der Waals surface area contributed by atoms with Crippen molar-refractivity contribution in [2.45, 2.75) is 6.18 Å². The number of anilines is 1. The Balaban J connectivity index is 1.83. The van der Waals surface area contributed by atoms with Crippen molar-refractivity contribution in [3.63, 3.8) is 0 Å². The molecule has 1 aromatic heterocycles. The molecule has 0 bridgehead atoms. The number of alkyl halides is 3. The highest BCUT2D eigenvalue weighted by Crippen LogP contribution is 2.33. The molecule has 6 nitrogen and oxygen atoms in total. The molecule has 1 fully saturated rings. The summed E-state index contributed by atoms with van der Waals surface area (Å²) in [5, 5.41) is 10.8. The van der Waals surface area contributed by atoms with E-state index >= 15 is 0 Å². The number of amidine groups is 1. The van der Waals surface area contributed by atoms with Crippen LogP contribution in [0, 0.1) is 0 Å². The van der Waals surface area contributed by atoms with Crippen LogP contribution in [0.5, 0.6) is 0 Å². The largest absolute Gasteiger partial charge is 0.416 e. The number of halogens is 3. The van der Waals surface area contributed by atoms with Crippen LogP contribution in [0.25, 0.3) is 11.3 Å². The third kappa shape index (κ3) is 4.89. The van der Waals surface area contributed by atoms with Crippen molar-refractivity contribution in [1.29, 1.82) is 0 Å². The molecule has 2 aromatic rings. The van der Waals surface area contributed by atoms with Gasteiger partial charge in [0.25, 0.3) is 0 Å². The molecule has 0 aliphatic carbocycles. The highest BCUT2D eigenvalue weighted by molar-refractivity contribution is 8.15. The Morgan fingerprint density at radius 3 is 2.50 bits per heavy atom. The van der Waals surface area contributed by atoms with E-state index in [-0.39, 0.29) is 17.4 Å². The van der Waals surface area contributed by atoms with Crippen LogP contribution in [0.1, 0.15) is 11.1 Å². The average molecular weight is 407 g/mol. The third-order valence-electron chi connectivity index (χ3n) is 3.75. The zero-order valence-corrected chi connectivity index (χ0v) is 15.8. The van der Waals surface area contributed by atoms with Crippen LogP contribution in [0.15, 0.2) is 46.6 Å². The average Bonchev–Trinajstić information content (AvgIpc) is 3.06. The number of thioether (sulfide) groups is 1. The van der Waals surface area contributed by atoms with Crippen molar-refractivity contribution in [2.75, 3.05) is 24.7 Å². The number of nitrogens with zero attached hydrogens (tertiary/aromatic N) is 4. The van der Waals surface area contributed by atoms with E-state index in [1.54, 1.807) is 38.4 Å². The molecule has 3 rings (SSSR count). The summed E-state index contributed by atoms with van der Waals surface area (Å²) in [6.45, 7) is 0. The molecule has 0 saturated carbocycles. The lowest BCUT2D eigenvalue weighted by molar-refractivity contribution is -0.137. The number of amides is 1. The standard InChI is InChI=1S/C18H16F3N5OS/c1-26(2)15-8-13(18(19,20)21)7-14(23-15)12-5-3-11(4-6-12)9-22-25-17-24-16(27)10-28-17/h3-9H,10H2,1-2H3,(H,24,25,27). The molecule has 0 radical (unpaired) electrons. The van der Waals surface area contributed by atoms with Crippen molar-refractivity contribution < 1.29 is 18.0 Å². The fourth-order valence-electron chi connectivity index (χ4n) is 2.32. The van der Waals surface area contributed by atoms with E-state index < -0.39 is 11.7 Å². The minimum Gasteiger partial charge on any atom is -0.363 e. The van der Waals surface area contributed by atoms with Gasteiger partial charge in [0, 0.05) is 19.7 Å². The van der Waals surface area contributed by atoms with E-state index in [2.05, 4.69) is 20.5 Å². The molecule has 28 heavy (non-hydrogen) atoms. The molecular formula is C18H16F3N5OS. The molecule has 146 valence electrons. The van der Waals surface area contributed by atoms with Crippen LogP contribution >= 0.6 is 11.8 Å². The van der Waals surface area contributed by atoms with Gasteiger partial charge in [-0.15, -0.1) is 5.10 Å². The summed E-state index contributed by atoms with van der Waals surface area (Å²) in [6, 6.07) is 8.80. The molecule has 0 atom stereocenters. The molecule has 1 N–H and O–H groups in total. The maximum atomic E-state index is 13.2. The van der Waals surface area contributed by atoms with Gasteiger partial charge < -0.3 is 10.2 Å². The summed E-state index contributed by atoms with van der Waals surface area (Å²) < 4.78 is 39.5. The fraction of sp³-hybridized carbons (Fsp3) is 0.222. The zero-order valence-electron chi connectivity index (χ0n) is 15.0. The van der Waals surface area contributed by atoms with Gasteiger partial charge in [-0.3, -0.25) is 4.79 Å². The molecule has 1 amide bonds. The van der Waals surface area contributed by atoms with Crippen LogP contribution in [-0.4, -0.2) is 42.1 Å². The maximum Gasteiger partial charge on any atom is 0.416 e. The molecule has 1 aliphatic rings. The van der Waals surface area contributed by atoms with E-state index in [0.29, 0.717) is 22.0 Å². The summed E-state index contributed by atoms with van der Waals surface area (Å²) in [5.41, 5.74) is 0.740. The number of hydrogen-bond donors (Lipinski definition) is 1. The topological polar surface area (TPSA) is 70.0 Å². The second-order valence-electron chi connectivity index (χ2n) is 6.10. The lowest BCUT2D eigenvalue weighted by atomic mass is 10.1. The van der Waals surface area contributed by atoms with E-state index in [9.17, 15) is 18.0 Å². The number of benzene rings is 1. The second kappa shape index (κ2) is 8.01. The number of hydrogen-bond acceptors (Lipinski definition) is 6. The molecule has 10 heteroatoms. The first-order valence-corrected chi connectivity index (χ1v) is 9.11. The summed E-state index contributed by atoms with van der Waals surface area (Å²) >= 11 is 1.26. The van der Waals surface area contributed by atoms with Gasteiger partial charge in [-0.1, -0.05) is 36.0 Å². The lowest BCUT2D eigenvalue weighted by Crippen LogP contribution is -2.19. The predicted octanol–water partition coefficient (Wildman–Crippen LogP) is 3.39. The summed E-state index contributed by atoms with van der Waals surface area (Å²) in [4.78, 5) is 16.9. The molecule has 1 aromatic carbocycles. The van der Waals surface area contributed by atoms with Gasteiger partial charge in [0.15, 0.2) is 5.17 Å². The van der Waals surface area contributed by atoms with Crippen molar-refractivity contribution in [3.8, 4) is 11.3 Å². The van der Waals surface area contributed by atoms with Gasteiger partial charge in [-0.05, 0) is 17.7 Å². The molecule has 0 unspecified atom stereocenters. The Hall–Kier alpha value is -2.88. The van der Waals surface area contributed by atoms with Crippen molar-refractivity contribution in [2.24, 2.45) is 10.2 Å². The minimum absolute atomic E-state index is 0.117. The van der Waals surface area contributed by atoms with Gasteiger partial charge >= 0.3 is 6.18 Å². The Bertz CT molecular complexity index is 939. The minimum atomic E-state index is -4.46. The second-order valence-corrected chi connectivity index (χ2v) is 7.06. The van der Waals surface area contributed by atoms with E-state index in [4.69, 9.17) is 0 Å². The number of pyridine rings is 1. The number of carbonyl (C=O) groups is 1. The molecule has 1 aliphatic heterocycles. The monoisotopic (exact) mass is 407 g/mol. The summed E-state index contributed by atoms with van der Waals surface area (Å²) in [6.07, 6.45) is -2.96. The van der Waals surface area contributed by atoms with Crippen LogP contribution in [0.4, 0.5) is 19.0 Å². The van der Waals surface area contributed by atoms with Crippen LogP contribution in [0.3, 0.4) is 0 Å². The van der Waals surface area contributed by atoms with Crippen LogP contribution < -0.4 is 10.2 Å². The summed E-state index contributed by atoms with van der Waals surface area (Å²) in [7, 11) is 3.27. The number of carbonyl (C=O) groups excluding carboxylic acids is 1. The normalized spacial score (nSPS) is 16.0. The van der Waals surface area contributed by atoms with Gasteiger partial charge in [0.05, 0.1) is 23.2 Å². The quantitative estimate of drug-likeness (QED) is 0.623. The zero-order chi connectivity index (χ0) is 20.3. The molecule has 2 heterocycles. The smallest absolute Gasteiger partial charge is 0.363 e. The van der Waals surface area contributed by atoms with Gasteiger partial charge in [-0.25, -0.2) is 4.98 Å². The predicted molar refractivity (Wildman–Crippen MR) is 105 cm³/mol. The Morgan fingerprint density at radius 2 is 1.93 bits per heavy atom. The number of nitrogens with one attached hydrogen (secondary N) is 1. The SMILES string of the molecule is CN(C)c1cc(C(F)(F)F)cc(-c2ccc(C=NN=C3NC(=O)CS3)cc2)n1. The van der Waals surface area contributed by atoms with Gasteiger partial charge in [0.2, 0.25) is 5.91 Å². The lowest BCUT2D eigenvalue weighted by Gasteiger charge is -2.16. The molecule has 0 spiro atoms. The van der Waals surface area contributed by atoms with E-state index in [0.717, 1.165) is 12.1 Å². The Morgan fingerprint density at radius 1 is 1.21 bits per heavy atom. The van der Waals surface area contributed by atoms with Crippen molar-refractivity contribution >= 4 is 34.9 Å². The Kier molecular flexibility index (Phi) is 5.68.